The molecule has 8 bridgehead atoms. The van der Waals surface area contributed by atoms with Gasteiger partial charge in [-0.1, -0.05) is 88.0 Å². The van der Waals surface area contributed by atoms with Crippen LogP contribution in [0.3, 0.4) is 0 Å². The van der Waals surface area contributed by atoms with Crippen LogP contribution in [0, 0.1) is 27.7 Å². The van der Waals surface area contributed by atoms with E-state index in [1.807, 2.05) is 32.9 Å². The van der Waals surface area contributed by atoms with E-state index in [1.165, 1.54) is 0 Å². The van der Waals surface area contributed by atoms with Gasteiger partial charge in [-0.15, -0.1) is 33.1 Å². The maximum absolute atomic E-state index is 11.6. The van der Waals surface area contributed by atoms with Crippen molar-refractivity contribution < 1.29 is 44.4 Å². The number of carboxylic acid groups (broad SMARTS) is 2. The number of nitrogens with zero attached hydrogens (tertiary/aromatic N) is 4. The number of aliphatic hydroxyl groups is 1. The second-order valence-electron chi connectivity index (χ2n) is 10.7. The van der Waals surface area contributed by atoms with Crippen molar-refractivity contribution in [1.82, 2.24) is 19.9 Å². The third-order valence-corrected chi connectivity index (χ3v) is 8.16. The number of hydrogen-bond donors (Lipinski definition) is 3. The normalized spacial score (nSPS) is 12.0. The number of aliphatic carboxylic acids is 2. The molecular formula is C34H32N4O5Zn-4. The number of hydrogen-bond acceptors (Lipinski definition) is 3. The molecule has 5 heterocycles. The first-order chi connectivity index (χ1) is 20.4. The van der Waals surface area contributed by atoms with E-state index in [1.54, 1.807) is 25.2 Å². The molecule has 10 heteroatoms. The summed E-state index contributed by atoms with van der Waals surface area (Å²) in [7, 11) is 0. The first-order valence-corrected chi connectivity index (χ1v) is 13.9. The van der Waals surface area contributed by atoms with E-state index >= 15 is 0 Å². The Bertz CT molecular complexity index is 2080. The van der Waals surface area contributed by atoms with Crippen molar-refractivity contribution in [2.75, 3.05) is 0 Å². The van der Waals surface area contributed by atoms with Crippen LogP contribution in [0.25, 0.3) is 36.1 Å². The molecule has 0 unspecified atom stereocenters. The van der Waals surface area contributed by atoms with E-state index in [9.17, 15) is 24.9 Å². The molecule has 1 aliphatic heterocycles. The summed E-state index contributed by atoms with van der Waals surface area (Å²) < 4.78 is 0. The fourth-order valence-corrected chi connectivity index (χ4v) is 5.73. The molecule has 9 nitrogen and oxygen atoms in total. The van der Waals surface area contributed by atoms with Crippen LogP contribution >= 0.6 is 0 Å². The Kier molecular flexibility index (Phi) is 9.26. The zero-order chi connectivity index (χ0) is 31.2. The van der Waals surface area contributed by atoms with Crippen molar-refractivity contribution >= 4 is 48.1 Å². The molecule has 0 amide bonds. The van der Waals surface area contributed by atoms with E-state index < -0.39 is 11.9 Å². The van der Waals surface area contributed by atoms with Gasteiger partial charge in [0, 0.05) is 32.3 Å². The van der Waals surface area contributed by atoms with E-state index in [4.69, 9.17) is 19.9 Å². The van der Waals surface area contributed by atoms with Crippen LogP contribution in [0.1, 0.15) is 80.1 Å². The maximum atomic E-state index is 11.6. The number of carbonyl (C=O) groups is 2. The van der Waals surface area contributed by atoms with Gasteiger partial charge in [0.25, 0.3) is 0 Å². The van der Waals surface area contributed by atoms with Gasteiger partial charge in [0.2, 0.25) is 0 Å². The van der Waals surface area contributed by atoms with Gasteiger partial charge in [0.05, 0.1) is 5.76 Å². The van der Waals surface area contributed by atoms with Crippen LogP contribution in [0.2, 0.25) is 0 Å². The van der Waals surface area contributed by atoms with Crippen LogP contribution in [0.5, 0.6) is 0 Å². The van der Waals surface area contributed by atoms with Crippen molar-refractivity contribution in [3.8, 4) is 0 Å². The van der Waals surface area contributed by atoms with Gasteiger partial charge >= 0.3 is 11.9 Å². The van der Waals surface area contributed by atoms with Gasteiger partial charge < -0.3 is 35.3 Å². The second kappa shape index (κ2) is 12.6. The summed E-state index contributed by atoms with van der Waals surface area (Å²) in [4.78, 5) is 42.4. The summed E-state index contributed by atoms with van der Waals surface area (Å²) in [5.41, 5.74) is 8.17. The monoisotopic (exact) mass is 640 g/mol. The van der Waals surface area contributed by atoms with E-state index in [0.717, 1.165) is 33.4 Å². The fraction of sp³-hybridized carbons (Fsp3) is 0.235. The predicted molar refractivity (Wildman–Crippen MR) is 164 cm³/mol. The summed E-state index contributed by atoms with van der Waals surface area (Å²) >= 11 is 0. The Morgan fingerprint density at radius 2 is 1.27 bits per heavy atom. The number of aliphatic hydroxyl groups excluding tert-OH is 1. The molecule has 224 valence electrons. The van der Waals surface area contributed by atoms with Crippen LogP contribution in [0.4, 0.5) is 0 Å². The minimum Gasteiger partial charge on any atom is -0.657 e. The van der Waals surface area contributed by atoms with Gasteiger partial charge in [0.1, 0.15) is 0 Å². The number of aromatic nitrogens is 4. The topological polar surface area (TPSA) is 151 Å². The van der Waals surface area contributed by atoms with E-state index in [2.05, 4.69) is 13.2 Å². The Hall–Kier alpha value is -4.56. The van der Waals surface area contributed by atoms with Crippen molar-refractivity contribution in [1.29, 1.82) is 0 Å². The fourth-order valence-electron chi connectivity index (χ4n) is 5.73. The van der Waals surface area contributed by atoms with Crippen LogP contribution in [0.15, 0.2) is 13.2 Å². The number of fused-ring (bicyclic) bond motifs is 8. The van der Waals surface area contributed by atoms with Gasteiger partial charge in [-0.3, -0.25) is 9.59 Å². The zero-order valence-corrected chi connectivity index (χ0v) is 28.3. The molecule has 4 aromatic heterocycles. The average Bonchev–Trinajstić information content (AvgIpc) is 3.63. The summed E-state index contributed by atoms with van der Waals surface area (Å²) in [5, 5.41) is 32.6. The largest absolute Gasteiger partial charge is 0.657 e. The van der Waals surface area contributed by atoms with Gasteiger partial charge in [-0.2, -0.15) is 0 Å². The van der Waals surface area contributed by atoms with Gasteiger partial charge in [0.15, 0.2) is 0 Å². The molecule has 0 aromatic carbocycles. The van der Waals surface area contributed by atoms with E-state index in [-0.39, 0.29) is 50.9 Å². The summed E-state index contributed by atoms with van der Waals surface area (Å²) in [6.07, 6.45) is 9.11. The zero-order valence-electron chi connectivity index (χ0n) is 25.3. The van der Waals surface area contributed by atoms with Crippen LogP contribution < -0.4 is 41.3 Å². The molecule has 4 aromatic rings. The molecule has 0 saturated heterocycles. The number of rotatable bonds is 8. The second-order valence-corrected chi connectivity index (χ2v) is 10.7. The molecule has 0 atom stereocenters. The standard InChI is InChI=1S/C34H32N4O5.Zn/c1-7-20-16(3)24-14-27-21(8-2)18(5)32(37-27)34(43)33-19(6)23(10-12-31(41)42)29(38-33)15-28-22(9-11-30(39)40)17(4)25(36-28)13-26(20)35-24;/h7-8,13-15,43H,1-2,9-12H2,3-6H3,(H,39,40)(H,41,42);/q-4;. The van der Waals surface area contributed by atoms with Crippen molar-refractivity contribution in [3.63, 3.8) is 0 Å². The smallest absolute Gasteiger partial charge is 0.303 e. The molecule has 44 heavy (non-hydrogen) atoms. The van der Waals surface area contributed by atoms with Crippen LogP contribution in [-0.4, -0.2) is 27.3 Å². The third-order valence-electron chi connectivity index (χ3n) is 8.16. The van der Waals surface area contributed by atoms with Crippen molar-refractivity contribution in [2.24, 2.45) is 0 Å². The van der Waals surface area contributed by atoms with Gasteiger partial charge in [-0.05, 0) is 51.7 Å². The maximum Gasteiger partial charge on any atom is 0.303 e. The Balaban J connectivity index is 0.00000442. The third kappa shape index (κ3) is 5.70. The molecule has 0 aliphatic carbocycles. The SMILES string of the molecule is C=Cc1c2[n-]c(c1C)C(O)=c1[n-]c(c(CCC(=O)O)c1C)=Cc1[n-]c(c(C)c1CCC(=O)O)C=c1[n-]c(c(C)c1C=C)=C2.[Zn]. The molecule has 5 rings (SSSR count). The minimum absolute atomic E-state index is 0. The summed E-state index contributed by atoms with van der Waals surface area (Å²) in [5.74, 6) is -2.02. The van der Waals surface area contributed by atoms with Crippen molar-refractivity contribution in [3.05, 3.63) is 102 Å². The molecule has 1 aliphatic rings. The van der Waals surface area contributed by atoms with E-state index in [0.29, 0.717) is 55.3 Å². The van der Waals surface area contributed by atoms with Crippen molar-refractivity contribution in [2.45, 2.75) is 53.4 Å². The Labute approximate surface area is 266 Å². The quantitative estimate of drug-likeness (QED) is 0.244. The average molecular weight is 642 g/mol. The van der Waals surface area contributed by atoms with Gasteiger partial charge in [-0.25, -0.2) is 0 Å². The molecule has 0 fully saturated rings. The Morgan fingerprint density at radius 3 is 1.89 bits per heavy atom. The summed E-state index contributed by atoms with van der Waals surface area (Å²) in [6, 6.07) is 0. The summed E-state index contributed by atoms with van der Waals surface area (Å²) in [6.45, 7) is 15.5. The molecule has 0 spiro atoms. The molecular weight excluding hydrogens is 610 g/mol. The minimum atomic E-state index is -0.958. The Morgan fingerprint density at radius 1 is 0.682 bits per heavy atom. The molecule has 0 radical (unpaired) electrons. The number of carboxylic acids is 2. The molecule has 0 saturated carbocycles. The predicted octanol–water partition coefficient (Wildman–Crippen LogP) is 1.58. The first kappa shape index (κ1) is 32.4. The van der Waals surface area contributed by atoms with Crippen LogP contribution in [-0.2, 0) is 41.9 Å². The first-order valence-electron chi connectivity index (χ1n) is 13.9. The molecule has 3 N–H and O–H groups in total.